The predicted octanol–water partition coefficient (Wildman–Crippen LogP) is 6.51. The zero-order chi connectivity index (χ0) is 43.9. The minimum absolute atomic E-state index is 0.108. The lowest BCUT2D eigenvalue weighted by atomic mass is 10.0. The molecular formula is C42H39ClF5N7O6. The highest BCUT2D eigenvalue weighted by molar-refractivity contribution is 6.30. The number of carbonyl (C=O) groups is 2. The summed E-state index contributed by atoms with van der Waals surface area (Å²) in [6.45, 7) is 1.74. The molecule has 6 N–H and O–H groups in total. The molecule has 0 radical (unpaired) electrons. The first-order valence-corrected chi connectivity index (χ1v) is 19.7. The number of halogens is 6. The molecular weight excluding hydrogens is 829 g/mol. The van der Waals surface area contributed by atoms with Crippen LogP contribution in [0.5, 0.6) is 0 Å². The molecule has 61 heavy (non-hydrogen) atoms. The molecule has 0 spiro atoms. The van der Waals surface area contributed by atoms with Crippen molar-refractivity contribution in [1.82, 2.24) is 14.1 Å². The molecule has 3 fully saturated rings. The van der Waals surface area contributed by atoms with Crippen LogP contribution in [0, 0.1) is 23.3 Å². The number of hydrogen-bond donors (Lipinski definition) is 4. The number of aromatic carboxylic acids is 2. The number of nitrogens with two attached hydrogens (primary N) is 2. The average Bonchev–Trinajstić information content (AvgIpc) is 4.10. The molecule has 1 saturated carbocycles. The van der Waals surface area contributed by atoms with E-state index in [-0.39, 0.29) is 59.2 Å². The molecule has 19 heteroatoms. The Labute approximate surface area is 348 Å². The fourth-order valence-electron chi connectivity index (χ4n) is 7.69. The molecule has 2 aromatic carbocycles. The maximum atomic E-state index is 15.0. The van der Waals surface area contributed by atoms with Crippen LogP contribution in [-0.4, -0.2) is 75.5 Å². The van der Waals surface area contributed by atoms with E-state index >= 15 is 0 Å². The Kier molecular flexibility index (Phi) is 12.3. The molecule has 5 heterocycles. The molecule has 8 rings (SSSR count). The number of benzene rings is 2. The highest BCUT2D eigenvalue weighted by Gasteiger charge is 2.29. The molecule has 2 aliphatic heterocycles. The number of nitrogens with zero attached hydrogens (tertiary/aromatic N) is 5. The van der Waals surface area contributed by atoms with E-state index in [0.29, 0.717) is 73.2 Å². The third-order valence-electron chi connectivity index (χ3n) is 11.1. The summed E-state index contributed by atoms with van der Waals surface area (Å²) < 4.78 is 74.4. The second-order valence-corrected chi connectivity index (χ2v) is 15.3. The van der Waals surface area contributed by atoms with Gasteiger partial charge in [-0.3, -0.25) is 14.2 Å². The number of fused-ring (bicyclic) bond motifs is 2. The van der Waals surface area contributed by atoms with Gasteiger partial charge < -0.3 is 36.0 Å². The summed E-state index contributed by atoms with van der Waals surface area (Å²) in [7, 11) is 0. The van der Waals surface area contributed by atoms with Crippen molar-refractivity contribution in [3.63, 3.8) is 0 Å². The molecule has 3 aromatic heterocycles. The Balaban J connectivity index is 0.000000186. The third-order valence-corrected chi connectivity index (χ3v) is 11.5. The summed E-state index contributed by atoms with van der Waals surface area (Å²) in [4.78, 5) is 55.9. The Morgan fingerprint density at radius 1 is 0.738 bits per heavy atom. The van der Waals surface area contributed by atoms with Crippen LogP contribution >= 0.6 is 11.6 Å². The van der Waals surface area contributed by atoms with Gasteiger partial charge in [0.25, 0.3) is 0 Å². The Morgan fingerprint density at radius 3 is 1.90 bits per heavy atom. The second-order valence-electron chi connectivity index (χ2n) is 14.8. The number of aromatic nitrogens is 3. The van der Waals surface area contributed by atoms with Crippen molar-refractivity contribution < 1.29 is 41.8 Å². The van der Waals surface area contributed by atoms with Gasteiger partial charge in [0.2, 0.25) is 10.9 Å². The number of hydrogen-bond acceptors (Lipinski definition) is 9. The van der Waals surface area contributed by atoms with Gasteiger partial charge in [-0.2, -0.15) is 0 Å². The van der Waals surface area contributed by atoms with Crippen LogP contribution in [0.2, 0.25) is 0 Å². The van der Waals surface area contributed by atoms with Gasteiger partial charge in [0.05, 0.1) is 22.3 Å². The van der Waals surface area contributed by atoms with Gasteiger partial charge in [0.15, 0.2) is 17.3 Å². The fourth-order valence-corrected chi connectivity index (χ4v) is 7.88. The lowest BCUT2D eigenvalue weighted by Gasteiger charge is -2.31. The Bertz CT molecular complexity index is 2790. The zero-order valence-electron chi connectivity index (χ0n) is 32.4. The molecule has 3 aliphatic rings. The van der Waals surface area contributed by atoms with Gasteiger partial charge >= 0.3 is 11.9 Å². The second kappa shape index (κ2) is 17.5. The quantitative estimate of drug-likeness (QED) is 0.125. The molecule has 5 aromatic rings. The monoisotopic (exact) mass is 867 g/mol. The Morgan fingerprint density at radius 2 is 1.31 bits per heavy atom. The van der Waals surface area contributed by atoms with E-state index < -0.39 is 57.5 Å². The zero-order valence-corrected chi connectivity index (χ0v) is 33.1. The summed E-state index contributed by atoms with van der Waals surface area (Å²) in [6, 6.07) is 6.45. The first kappa shape index (κ1) is 43.0. The van der Waals surface area contributed by atoms with Crippen LogP contribution < -0.4 is 32.1 Å². The van der Waals surface area contributed by atoms with Gasteiger partial charge in [-0.25, -0.2) is 36.5 Å². The van der Waals surface area contributed by atoms with E-state index in [4.69, 9.17) is 23.1 Å². The number of piperidine rings is 2. The van der Waals surface area contributed by atoms with E-state index in [2.05, 4.69) is 4.98 Å². The normalized spacial score (nSPS) is 15.5. The van der Waals surface area contributed by atoms with Crippen molar-refractivity contribution in [3.05, 3.63) is 126 Å². The molecule has 0 amide bonds. The van der Waals surface area contributed by atoms with E-state index in [9.17, 15) is 51.3 Å². The molecule has 2 saturated heterocycles. The van der Waals surface area contributed by atoms with Crippen molar-refractivity contribution >= 4 is 57.0 Å². The SMILES string of the molecule is NCC(Cl)=C1CCN(c2cc3c(cc2F)c(=O)c(C(=O)O)cn3C2CC2)CC1.NCC(F)=C1CCN(c2nc3c(cc2F)c(=O)c(C(=O)O)cn3-c2ccc(F)cc2F)CC1. The molecule has 0 bridgehead atoms. The summed E-state index contributed by atoms with van der Waals surface area (Å²) in [5, 5.41) is 19.1. The van der Waals surface area contributed by atoms with Gasteiger partial charge in [-0.05, 0) is 74.4 Å². The lowest BCUT2D eigenvalue weighted by molar-refractivity contribution is 0.0684. The number of carboxylic acids is 2. The predicted molar refractivity (Wildman–Crippen MR) is 220 cm³/mol. The van der Waals surface area contributed by atoms with Gasteiger partial charge in [0.1, 0.15) is 34.4 Å². The number of rotatable bonds is 8. The topological polar surface area (TPSA) is 190 Å². The van der Waals surface area contributed by atoms with E-state index in [1.165, 1.54) is 12.3 Å². The van der Waals surface area contributed by atoms with Crippen molar-refractivity contribution in [1.29, 1.82) is 0 Å². The van der Waals surface area contributed by atoms with Gasteiger partial charge in [0, 0.05) is 74.2 Å². The lowest BCUT2D eigenvalue weighted by Crippen LogP contribution is -2.33. The smallest absolute Gasteiger partial charge is 0.341 e. The minimum Gasteiger partial charge on any atom is -0.477 e. The average molecular weight is 868 g/mol. The van der Waals surface area contributed by atoms with E-state index in [1.807, 2.05) is 9.47 Å². The maximum absolute atomic E-state index is 15.0. The largest absolute Gasteiger partial charge is 0.477 e. The standard InChI is InChI=1S/C22H18F4N4O3.C20H21ClFN3O3/c23-12-1-2-18(15(24)7-12)30-10-14(22(32)33)19(31)13-8-16(25)21(28-20(13)30)29-5-3-11(4-6-29)17(26)9-27;21-15(9-23)11-3-5-24(6-4-11)18-8-17-13(7-16(18)22)19(26)14(20(27)28)10-25(17)12-1-2-12/h1-2,7-8,10H,3-6,9,27H2,(H,32,33);7-8,10,12H,1-6,9,23H2,(H,27,28). The molecule has 320 valence electrons. The highest BCUT2D eigenvalue weighted by atomic mass is 35.5. The van der Waals surface area contributed by atoms with Crippen LogP contribution in [0.25, 0.3) is 27.6 Å². The van der Waals surface area contributed by atoms with Crippen molar-refractivity contribution in [2.45, 2.75) is 44.6 Å². The summed E-state index contributed by atoms with van der Waals surface area (Å²) in [5.74, 6) is -6.77. The van der Waals surface area contributed by atoms with Crippen molar-refractivity contribution in [2.75, 3.05) is 49.1 Å². The minimum atomic E-state index is -1.60. The fraction of sp³-hybridized carbons (Fsp3) is 0.310. The summed E-state index contributed by atoms with van der Waals surface area (Å²) in [6.07, 6.45) is 6.09. The van der Waals surface area contributed by atoms with Gasteiger partial charge in [-0.15, -0.1) is 0 Å². The first-order chi connectivity index (χ1) is 29.1. The summed E-state index contributed by atoms with van der Waals surface area (Å²) in [5.41, 5.74) is 10.4. The van der Waals surface area contributed by atoms with Gasteiger partial charge in [-0.1, -0.05) is 17.2 Å². The van der Waals surface area contributed by atoms with Crippen LogP contribution in [0.4, 0.5) is 33.5 Å². The summed E-state index contributed by atoms with van der Waals surface area (Å²) >= 11 is 6.14. The van der Waals surface area contributed by atoms with Crippen LogP contribution in [-0.2, 0) is 0 Å². The highest BCUT2D eigenvalue weighted by Crippen LogP contribution is 2.39. The maximum Gasteiger partial charge on any atom is 0.341 e. The first-order valence-electron chi connectivity index (χ1n) is 19.3. The van der Waals surface area contributed by atoms with E-state index in [0.717, 1.165) is 47.4 Å². The molecule has 1 aliphatic carbocycles. The van der Waals surface area contributed by atoms with Crippen molar-refractivity contribution in [2.24, 2.45) is 11.5 Å². The van der Waals surface area contributed by atoms with Crippen LogP contribution in [0.1, 0.15) is 65.3 Å². The number of pyridine rings is 3. The van der Waals surface area contributed by atoms with Crippen molar-refractivity contribution in [3.8, 4) is 5.69 Å². The third kappa shape index (κ3) is 8.60. The molecule has 0 atom stereocenters. The van der Waals surface area contributed by atoms with Crippen LogP contribution in [0.3, 0.4) is 0 Å². The number of carboxylic acid groups (broad SMARTS) is 2. The number of anilines is 2. The molecule has 13 nitrogen and oxygen atoms in total. The van der Waals surface area contributed by atoms with E-state index in [1.54, 1.807) is 11.0 Å². The van der Waals surface area contributed by atoms with Crippen LogP contribution in [0.15, 0.2) is 80.4 Å². The Hall–Kier alpha value is -6.11. The molecule has 0 unspecified atom stereocenters.